The first-order valence-electron chi connectivity index (χ1n) is 5.46. The summed E-state index contributed by atoms with van der Waals surface area (Å²) < 4.78 is 0. The Kier molecular flexibility index (Phi) is 5.98. The van der Waals surface area contributed by atoms with E-state index in [1.165, 1.54) is 0 Å². The van der Waals surface area contributed by atoms with Crippen molar-refractivity contribution in [3.05, 3.63) is 0 Å². The zero-order valence-corrected chi connectivity index (χ0v) is 10.1. The predicted octanol–water partition coefficient (Wildman–Crippen LogP) is -0.0211. The van der Waals surface area contributed by atoms with Crippen LogP contribution in [0, 0.1) is 0 Å². The van der Waals surface area contributed by atoms with Gasteiger partial charge in [0.1, 0.15) is 5.88 Å². The fourth-order valence-electron chi connectivity index (χ4n) is 1.65. The molecule has 1 amide bonds. The van der Waals surface area contributed by atoms with E-state index in [1.807, 2.05) is 0 Å². The number of hydrogen-bond donors (Lipinski definition) is 1. The molecule has 0 radical (unpaired) electrons. The maximum absolute atomic E-state index is 10.8. The second kappa shape index (κ2) is 7.04. The third-order valence-corrected chi connectivity index (χ3v) is 2.93. The standard InChI is InChI=1S/C10H20ClN3O/c1-13-5-7-14(8-6-13)4-2-3-12-10(15)9-11/h2-9H2,1H3,(H,12,15). The summed E-state index contributed by atoms with van der Waals surface area (Å²) in [5.41, 5.74) is 0. The minimum atomic E-state index is -0.0740. The first-order chi connectivity index (χ1) is 7.22. The van der Waals surface area contributed by atoms with Gasteiger partial charge >= 0.3 is 0 Å². The molecule has 0 unspecified atom stereocenters. The number of piperazine rings is 1. The van der Waals surface area contributed by atoms with E-state index >= 15 is 0 Å². The van der Waals surface area contributed by atoms with Gasteiger partial charge in [0.2, 0.25) is 5.91 Å². The van der Waals surface area contributed by atoms with E-state index in [-0.39, 0.29) is 11.8 Å². The van der Waals surface area contributed by atoms with E-state index in [0.29, 0.717) is 0 Å². The van der Waals surface area contributed by atoms with Crippen LogP contribution in [0.1, 0.15) is 6.42 Å². The number of carbonyl (C=O) groups excluding carboxylic acids is 1. The summed E-state index contributed by atoms with van der Waals surface area (Å²) in [4.78, 5) is 15.6. The van der Waals surface area contributed by atoms with Crippen molar-refractivity contribution in [2.24, 2.45) is 0 Å². The molecule has 1 saturated heterocycles. The molecule has 5 heteroatoms. The molecule has 1 fully saturated rings. The van der Waals surface area contributed by atoms with Gasteiger partial charge in [-0.2, -0.15) is 0 Å². The van der Waals surface area contributed by atoms with Crippen LogP contribution >= 0.6 is 11.6 Å². The molecule has 0 aliphatic carbocycles. The van der Waals surface area contributed by atoms with Crippen LogP contribution in [0.25, 0.3) is 0 Å². The lowest BCUT2D eigenvalue weighted by molar-refractivity contribution is -0.118. The van der Waals surface area contributed by atoms with E-state index < -0.39 is 0 Å². The van der Waals surface area contributed by atoms with Gasteiger partial charge in [-0.15, -0.1) is 11.6 Å². The van der Waals surface area contributed by atoms with Crippen LogP contribution in [0.5, 0.6) is 0 Å². The Morgan fingerprint density at radius 3 is 2.60 bits per heavy atom. The molecule has 0 atom stereocenters. The Morgan fingerprint density at radius 2 is 2.00 bits per heavy atom. The summed E-state index contributed by atoms with van der Waals surface area (Å²) in [7, 11) is 2.15. The van der Waals surface area contributed by atoms with Crippen molar-refractivity contribution in [3.63, 3.8) is 0 Å². The van der Waals surface area contributed by atoms with E-state index in [9.17, 15) is 4.79 Å². The molecule has 4 nitrogen and oxygen atoms in total. The number of nitrogens with one attached hydrogen (secondary N) is 1. The van der Waals surface area contributed by atoms with Crippen LogP contribution in [-0.2, 0) is 4.79 Å². The Morgan fingerprint density at radius 1 is 1.33 bits per heavy atom. The zero-order valence-electron chi connectivity index (χ0n) is 9.34. The van der Waals surface area contributed by atoms with Crippen molar-refractivity contribution in [2.45, 2.75) is 6.42 Å². The molecule has 1 aliphatic rings. The molecule has 1 N–H and O–H groups in total. The molecule has 0 aromatic heterocycles. The zero-order chi connectivity index (χ0) is 11.1. The van der Waals surface area contributed by atoms with Crippen LogP contribution in [0.4, 0.5) is 0 Å². The third kappa shape index (κ3) is 5.35. The summed E-state index contributed by atoms with van der Waals surface area (Å²) in [5, 5.41) is 2.77. The van der Waals surface area contributed by atoms with Crippen LogP contribution in [0.15, 0.2) is 0 Å². The van der Waals surface area contributed by atoms with Crippen molar-refractivity contribution in [2.75, 3.05) is 52.2 Å². The van der Waals surface area contributed by atoms with Crippen LogP contribution in [0.2, 0.25) is 0 Å². The summed E-state index contributed by atoms with van der Waals surface area (Å²) >= 11 is 5.37. The lowest BCUT2D eigenvalue weighted by atomic mass is 10.3. The van der Waals surface area contributed by atoms with Gasteiger partial charge in [-0.1, -0.05) is 0 Å². The Hall–Kier alpha value is -0.320. The molecule has 1 rings (SSSR count). The molecular formula is C10H20ClN3O. The van der Waals surface area contributed by atoms with Gasteiger partial charge in [0.15, 0.2) is 0 Å². The first kappa shape index (κ1) is 12.7. The highest BCUT2D eigenvalue weighted by molar-refractivity contribution is 6.27. The summed E-state index contributed by atoms with van der Waals surface area (Å²) in [6.45, 7) is 6.37. The number of amides is 1. The summed E-state index contributed by atoms with van der Waals surface area (Å²) in [5.74, 6) is -0.0100. The molecule has 0 bridgehead atoms. The second-order valence-electron chi connectivity index (χ2n) is 3.98. The molecule has 15 heavy (non-hydrogen) atoms. The van der Waals surface area contributed by atoms with Crippen LogP contribution in [0.3, 0.4) is 0 Å². The maximum atomic E-state index is 10.8. The third-order valence-electron chi connectivity index (χ3n) is 2.69. The van der Waals surface area contributed by atoms with Gasteiger partial charge in [-0.05, 0) is 20.0 Å². The van der Waals surface area contributed by atoms with E-state index in [1.54, 1.807) is 0 Å². The average molecular weight is 234 g/mol. The number of hydrogen-bond acceptors (Lipinski definition) is 3. The highest BCUT2D eigenvalue weighted by Gasteiger charge is 2.12. The minimum Gasteiger partial charge on any atom is -0.355 e. The van der Waals surface area contributed by atoms with Crippen molar-refractivity contribution in [3.8, 4) is 0 Å². The number of carbonyl (C=O) groups is 1. The molecule has 0 saturated carbocycles. The normalized spacial score (nSPS) is 19.1. The summed E-state index contributed by atoms with van der Waals surface area (Å²) in [6, 6.07) is 0. The lowest BCUT2D eigenvalue weighted by Gasteiger charge is -2.32. The van der Waals surface area contributed by atoms with E-state index in [4.69, 9.17) is 11.6 Å². The van der Waals surface area contributed by atoms with Crippen LogP contribution < -0.4 is 5.32 Å². The van der Waals surface area contributed by atoms with Gasteiger partial charge < -0.3 is 15.1 Å². The van der Waals surface area contributed by atoms with Gasteiger partial charge in [-0.3, -0.25) is 4.79 Å². The predicted molar refractivity (Wildman–Crippen MR) is 62.3 cm³/mol. The highest BCUT2D eigenvalue weighted by atomic mass is 35.5. The minimum absolute atomic E-state index is 0.0640. The first-order valence-corrected chi connectivity index (χ1v) is 5.99. The SMILES string of the molecule is CN1CCN(CCCNC(=O)CCl)CC1. The molecule has 88 valence electrons. The van der Waals surface area contributed by atoms with Gasteiger partial charge in [0.25, 0.3) is 0 Å². The smallest absolute Gasteiger partial charge is 0.234 e. The number of likely N-dealkylation sites (N-methyl/N-ethyl adjacent to an activating group) is 1. The van der Waals surface area contributed by atoms with E-state index in [0.717, 1.165) is 45.7 Å². The molecule has 1 heterocycles. The quantitative estimate of drug-likeness (QED) is 0.536. The largest absolute Gasteiger partial charge is 0.355 e. The van der Waals surface area contributed by atoms with Gasteiger partial charge in [0.05, 0.1) is 0 Å². The average Bonchev–Trinajstić information content (AvgIpc) is 2.26. The molecule has 0 aromatic rings. The van der Waals surface area contributed by atoms with Gasteiger partial charge in [0, 0.05) is 32.7 Å². The topological polar surface area (TPSA) is 35.6 Å². The van der Waals surface area contributed by atoms with Gasteiger partial charge in [-0.25, -0.2) is 0 Å². The maximum Gasteiger partial charge on any atom is 0.234 e. The summed E-state index contributed by atoms with van der Waals surface area (Å²) in [6.07, 6.45) is 1.01. The van der Waals surface area contributed by atoms with Crippen molar-refractivity contribution < 1.29 is 4.79 Å². The fraction of sp³-hybridized carbons (Fsp3) is 0.900. The van der Waals surface area contributed by atoms with Crippen molar-refractivity contribution >= 4 is 17.5 Å². The van der Waals surface area contributed by atoms with Crippen molar-refractivity contribution in [1.29, 1.82) is 0 Å². The highest BCUT2D eigenvalue weighted by Crippen LogP contribution is 1.99. The second-order valence-corrected chi connectivity index (χ2v) is 4.25. The van der Waals surface area contributed by atoms with Crippen molar-refractivity contribution in [1.82, 2.24) is 15.1 Å². The Labute approximate surface area is 96.6 Å². The number of nitrogens with zero attached hydrogens (tertiary/aromatic N) is 2. The molecule has 0 spiro atoms. The fourth-order valence-corrected chi connectivity index (χ4v) is 1.74. The Balaban J connectivity index is 1.98. The molecular weight excluding hydrogens is 214 g/mol. The number of rotatable bonds is 5. The van der Waals surface area contributed by atoms with E-state index in [2.05, 4.69) is 22.2 Å². The molecule has 0 aromatic carbocycles. The monoisotopic (exact) mass is 233 g/mol. The Bertz CT molecular complexity index is 193. The lowest BCUT2D eigenvalue weighted by Crippen LogP contribution is -2.45. The van der Waals surface area contributed by atoms with Crippen LogP contribution in [-0.4, -0.2) is 67.9 Å². The number of alkyl halides is 1. The molecule has 1 aliphatic heterocycles. The number of halogens is 1.